The van der Waals surface area contributed by atoms with Crippen LogP contribution in [0.3, 0.4) is 0 Å². The van der Waals surface area contributed by atoms with Gasteiger partial charge in [0.15, 0.2) is 5.69 Å². The Morgan fingerprint density at radius 2 is 1.82 bits per heavy atom. The summed E-state index contributed by atoms with van der Waals surface area (Å²) in [7, 11) is -4.17. The smallest absolute Gasteiger partial charge is 0.296 e. The number of sulfonamides is 1. The number of ether oxygens (including phenoxy) is 2. The van der Waals surface area contributed by atoms with E-state index in [4.69, 9.17) is 9.47 Å². The second-order valence-electron chi connectivity index (χ2n) is 9.89. The predicted octanol–water partition coefficient (Wildman–Crippen LogP) is -0.0933. The van der Waals surface area contributed by atoms with E-state index in [2.05, 4.69) is 10.3 Å². The van der Waals surface area contributed by atoms with Crippen LogP contribution >= 0.6 is 0 Å². The second kappa shape index (κ2) is 10.9. The van der Waals surface area contributed by atoms with Crippen LogP contribution in [0.4, 0.5) is 4.39 Å². The van der Waals surface area contributed by atoms with Crippen molar-refractivity contribution in [1.29, 1.82) is 0 Å². The molecule has 2 saturated heterocycles. The van der Waals surface area contributed by atoms with Gasteiger partial charge < -0.3 is 24.8 Å². The lowest BCUT2D eigenvalue weighted by molar-refractivity contribution is -0.139. The Labute approximate surface area is 229 Å². The maximum Gasteiger partial charge on any atom is 0.296 e. The Morgan fingerprint density at radius 1 is 1.12 bits per heavy atom. The number of halogens is 1. The Bertz CT molecular complexity index is 1500. The van der Waals surface area contributed by atoms with E-state index in [1.54, 1.807) is 0 Å². The minimum atomic E-state index is -4.17. The molecular weight excluding hydrogens is 549 g/mol. The Balaban J connectivity index is 1.40. The average Bonchev–Trinajstić information content (AvgIpc) is 2.95. The summed E-state index contributed by atoms with van der Waals surface area (Å²) in [5.74, 6) is -2.46. The largest absolute Gasteiger partial charge is 0.501 e. The van der Waals surface area contributed by atoms with Gasteiger partial charge in [0.25, 0.3) is 11.5 Å². The molecular formula is C25H30FN5O8S. The first-order chi connectivity index (χ1) is 19.0. The molecule has 40 heavy (non-hydrogen) atoms. The van der Waals surface area contributed by atoms with Gasteiger partial charge >= 0.3 is 0 Å². The highest BCUT2D eigenvalue weighted by atomic mass is 32.2. The maximum atomic E-state index is 14.2. The number of amides is 2. The zero-order chi connectivity index (χ0) is 28.7. The number of hydrogen-bond acceptors (Lipinski definition) is 9. The summed E-state index contributed by atoms with van der Waals surface area (Å²) in [5, 5.41) is 13.1. The van der Waals surface area contributed by atoms with Crippen molar-refractivity contribution < 1.29 is 37.0 Å². The van der Waals surface area contributed by atoms with Crippen LogP contribution < -0.4 is 10.9 Å². The summed E-state index contributed by atoms with van der Waals surface area (Å²) in [6.07, 6.45) is 0.839. The Kier molecular flexibility index (Phi) is 7.65. The summed E-state index contributed by atoms with van der Waals surface area (Å²) in [5.41, 5.74) is -2.12. The van der Waals surface area contributed by atoms with Crippen molar-refractivity contribution >= 4 is 21.8 Å². The Hall–Kier alpha value is -3.40. The third-order valence-corrected chi connectivity index (χ3v) is 9.51. The van der Waals surface area contributed by atoms with Crippen molar-refractivity contribution in [2.45, 2.75) is 43.4 Å². The van der Waals surface area contributed by atoms with Gasteiger partial charge in [-0.05, 0) is 17.7 Å². The van der Waals surface area contributed by atoms with Crippen LogP contribution in [0.1, 0.15) is 41.6 Å². The molecule has 0 saturated carbocycles. The number of aromatic hydroxyl groups is 1. The lowest BCUT2D eigenvalue weighted by Gasteiger charge is -2.40. The number of benzene rings is 1. The number of piperazine rings is 1. The maximum absolute atomic E-state index is 14.2. The summed E-state index contributed by atoms with van der Waals surface area (Å²) >= 11 is 0. The average molecular weight is 580 g/mol. The minimum absolute atomic E-state index is 0.0376. The number of nitrogens with one attached hydrogen (secondary N) is 1. The van der Waals surface area contributed by atoms with Crippen LogP contribution in [-0.4, -0.2) is 90.1 Å². The van der Waals surface area contributed by atoms with Crippen LogP contribution in [0.15, 0.2) is 27.9 Å². The van der Waals surface area contributed by atoms with Crippen molar-refractivity contribution in [3.8, 4) is 5.75 Å². The van der Waals surface area contributed by atoms with Crippen molar-refractivity contribution in [3.05, 3.63) is 51.5 Å². The molecule has 0 aliphatic carbocycles. The molecule has 2 N–H and O–H groups in total. The molecule has 1 aromatic heterocycles. The standard InChI is InChI=1S/C25H30FN5O8S/c1-16(32)29-6-8-30(9-7-29)40(36,37)19-14-18(26)3-2-17(19)15-27-22(34)20-21(33)23(35)31-10-13-39-25(24(31)28-20)4-11-38-12-5-25/h2-3,14,33H,4-13,15H2,1H3,(H,27,34). The van der Waals surface area contributed by atoms with E-state index in [1.165, 1.54) is 22.5 Å². The van der Waals surface area contributed by atoms with Crippen LogP contribution in [0.25, 0.3) is 0 Å². The summed E-state index contributed by atoms with van der Waals surface area (Å²) in [6.45, 7) is 2.69. The van der Waals surface area contributed by atoms with Crippen LogP contribution in [0.2, 0.25) is 0 Å². The Morgan fingerprint density at radius 3 is 2.50 bits per heavy atom. The lowest BCUT2D eigenvalue weighted by Crippen LogP contribution is -2.50. The molecule has 4 heterocycles. The lowest BCUT2D eigenvalue weighted by atomic mass is 9.91. The first-order valence-electron chi connectivity index (χ1n) is 12.9. The number of fused-ring (bicyclic) bond motifs is 2. The number of nitrogens with zero attached hydrogens (tertiary/aromatic N) is 4. The SMILES string of the molecule is CC(=O)N1CCN(S(=O)(=O)c2cc(F)ccc2CNC(=O)c2nc3n(c(=O)c2O)CCOC32CCOCC2)CC1. The molecule has 1 spiro atoms. The molecule has 5 rings (SSSR count). The number of carbonyl (C=O) groups excluding carboxylic acids is 2. The molecule has 2 amide bonds. The number of hydrogen-bond donors (Lipinski definition) is 2. The zero-order valence-electron chi connectivity index (χ0n) is 21.9. The van der Waals surface area contributed by atoms with Gasteiger partial charge in [-0.1, -0.05) is 6.07 Å². The fourth-order valence-corrected chi connectivity index (χ4v) is 6.94. The van der Waals surface area contributed by atoms with Gasteiger partial charge in [-0.3, -0.25) is 19.0 Å². The quantitative estimate of drug-likeness (QED) is 0.493. The molecule has 2 aromatic rings. The minimum Gasteiger partial charge on any atom is -0.501 e. The van der Waals surface area contributed by atoms with Crippen molar-refractivity contribution in [2.24, 2.45) is 0 Å². The van der Waals surface area contributed by atoms with Crippen molar-refractivity contribution in [1.82, 2.24) is 24.1 Å². The first-order valence-corrected chi connectivity index (χ1v) is 14.4. The molecule has 13 nitrogen and oxygen atoms in total. The van der Waals surface area contributed by atoms with Crippen LogP contribution in [0, 0.1) is 5.82 Å². The first kappa shape index (κ1) is 28.1. The summed E-state index contributed by atoms with van der Waals surface area (Å²) in [6, 6.07) is 3.19. The normalized spacial score (nSPS) is 19.3. The highest BCUT2D eigenvalue weighted by Gasteiger charge is 2.43. The van der Waals surface area contributed by atoms with Gasteiger partial charge in [0, 0.05) is 65.7 Å². The van der Waals surface area contributed by atoms with Gasteiger partial charge in [-0.15, -0.1) is 0 Å². The topological polar surface area (TPSA) is 160 Å². The molecule has 2 fully saturated rings. The van der Waals surface area contributed by atoms with Gasteiger partial charge in [-0.25, -0.2) is 17.8 Å². The molecule has 1 aromatic carbocycles. The number of aromatic nitrogens is 2. The number of rotatable bonds is 5. The van der Waals surface area contributed by atoms with Gasteiger partial charge in [0.05, 0.1) is 18.0 Å². The van der Waals surface area contributed by atoms with E-state index in [0.29, 0.717) is 26.1 Å². The van der Waals surface area contributed by atoms with Crippen molar-refractivity contribution in [2.75, 3.05) is 46.0 Å². The van der Waals surface area contributed by atoms with E-state index in [-0.39, 0.29) is 68.1 Å². The third-order valence-electron chi connectivity index (χ3n) is 7.53. The monoisotopic (exact) mass is 579 g/mol. The number of carbonyl (C=O) groups is 2. The van der Waals surface area contributed by atoms with E-state index in [1.807, 2.05) is 0 Å². The summed E-state index contributed by atoms with van der Waals surface area (Å²) < 4.78 is 54.9. The molecule has 0 bridgehead atoms. The van der Waals surface area contributed by atoms with E-state index >= 15 is 0 Å². The molecule has 3 aliphatic rings. The fraction of sp³-hybridized carbons (Fsp3) is 0.520. The zero-order valence-corrected chi connectivity index (χ0v) is 22.7. The molecule has 3 aliphatic heterocycles. The predicted molar refractivity (Wildman–Crippen MR) is 136 cm³/mol. The van der Waals surface area contributed by atoms with Gasteiger partial charge in [0.1, 0.15) is 17.2 Å². The molecule has 0 unspecified atom stereocenters. The van der Waals surface area contributed by atoms with Gasteiger partial charge in [-0.2, -0.15) is 4.31 Å². The van der Waals surface area contributed by atoms with Crippen LogP contribution in [0.5, 0.6) is 5.75 Å². The molecule has 0 atom stereocenters. The van der Waals surface area contributed by atoms with Gasteiger partial charge in [0.2, 0.25) is 21.7 Å². The van der Waals surface area contributed by atoms with E-state index in [0.717, 1.165) is 16.4 Å². The third kappa shape index (κ3) is 5.09. The summed E-state index contributed by atoms with van der Waals surface area (Å²) in [4.78, 5) is 43.3. The molecule has 15 heteroatoms. The van der Waals surface area contributed by atoms with E-state index in [9.17, 15) is 32.3 Å². The highest BCUT2D eigenvalue weighted by molar-refractivity contribution is 7.89. The molecule has 0 radical (unpaired) electrons. The van der Waals surface area contributed by atoms with E-state index < -0.39 is 44.4 Å². The van der Waals surface area contributed by atoms with Crippen molar-refractivity contribution in [3.63, 3.8) is 0 Å². The fourth-order valence-electron chi connectivity index (χ4n) is 5.28. The molecule has 216 valence electrons. The second-order valence-corrected chi connectivity index (χ2v) is 11.8. The highest BCUT2D eigenvalue weighted by Crippen LogP contribution is 2.37. The van der Waals surface area contributed by atoms with Crippen LogP contribution in [-0.2, 0) is 43.0 Å².